The van der Waals surface area contributed by atoms with Crippen LogP contribution in [0.1, 0.15) is 11.1 Å². The van der Waals surface area contributed by atoms with Crippen LogP contribution in [0, 0.1) is 5.82 Å². The summed E-state index contributed by atoms with van der Waals surface area (Å²) >= 11 is 5.99. The second kappa shape index (κ2) is 7.48. The number of aliphatic hydroxyl groups is 1. The molecule has 1 atom stereocenters. The molecular weight excluding hydrogens is 429 g/mol. The number of benzene rings is 3. The molecule has 0 bridgehead atoms. The van der Waals surface area contributed by atoms with E-state index in [9.17, 15) is 17.9 Å². The maximum atomic E-state index is 13.4. The zero-order chi connectivity index (χ0) is 21.5. The van der Waals surface area contributed by atoms with E-state index in [1.165, 1.54) is 36.4 Å². The third-order valence-electron chi connectivity index (χ3n) is 4.81. The molecule has 0 amide bonds. The molecule has 3 aromatic carbocycles. The van der Waals surface area contributed by atoms with Crippen molar-refractivity contribution in [1.82, 2.24) is 0 Å². The molecule has 9 heteroatoms. The van der Waals surface area contributed by atoms with Crippen molar-refractivity contribution < 1.29 is 17.9 Å². The van der Waals surface area contributed by atoms with Crippen molar-refractivity contribution in [2.24, 2.45) is 10.1 Å². The molecule has 0 aliphatic carbocycles. The molecule has 30 heavy (non-hydrogen) atoms. The molecule has 0 fully saturated rings. The van der Waals surface area contributed by atoms with Crippen LogP contribution in [0.3, 0.4) is 0 Å². The normalized spacial score (nSPS) is 19.1. The molecule has 0 spiro atoms. The van der Waals surface area contributed by atoms with Gasteiger partial charge in [0, 0.05) is 21.8 Å². The number of amidine groups is 1. The molecule has 1 heterocycles. The van der Waals surface area contributed by atoms with Gasteiger partial charge < -0.3 is 10.0 Å². The second-order valence-electron chi connectivity index (χ2n) is 6.89. The van der Waals surface area contributed by atoms with Gasteiger partial charge in [-0.1, -0.05) is 23.7 Å². The Hall–Kier alpha value is -2.78. The standard InChI is InChI=1S/C21H17ClFN3O3S/c22-16-5-1-14(2-6-16)20-25-21(27,15-3-7-17(23)8-4-15)13-26(20)18-9-11-19(12-10-18)30(24,28)29/h1-12,27H,13H2,(H2,24,28,29). The first-order chi connectivity index (χ1) is 14.2. The zero-order valence-corrected chi connectivity index (χ0v) is 17.1. The number of hydrogen-bond donors (Lipinski definition) is 2. The Morgan fingerprint density at radius 2 is 1.60 bits per heavy atom. The molecule has 1 aliphatic heterocycles. The van der Waals surface area contributed by atoms with E-state index in [0.29, 0.717) is 27.7 Å². The summed E-state index contributed by atoms with van der Waals surface area (Å²) in [5.74, 6) is 0.0412. The van der Waals surface area contributed by atoms with E-state index in [0.717, 1.165) is 0 Å². The summed E-state index contributed by atoms with van der Waals surface area (Å²) in [6.07, 6.45) is 0. The van der Waals surface area contributed by atoms with Gasteiger partial charge in [0.15, 0.2) is 0 Å². The lowest BCUT2D eigenvalue weighted by Gasteiger charge is -2.24. The van der Waals surface area contributed by atoms with Crippen LogP contribution in [-0.2, 0) is 15.7 Å². The van der Waals surface area contributed by atoms with Crippen LogP contribution in [0.15, 0.2) is 82.7 Å². The number of nitrogens with zero attached hydrogens (tertiary/aromatic N) is 2. The number of primary sulfonamides is 1. The Morgan fingerprint density at radius 1 is 1.00 bits per heavy atom. The average Bonchev–Trinajstić information content (AvgIpc) is 3.07. The van der Waals surface area contributed by atoms with Gasteiger partial charge in [0.1, 0.15) is 11.7 Å². The van der Waals surface area contributed by atoms with E-state index < -0.39 is 21.6 Å². The molecule has 3 aromatic rings. The van der Waals surface area contributed by atoms with Gasteiger partial charge in [-0.05, 0) is 60.7 Å². The molecule has 0 radical (unpaired) electrons. The largest absolute Gasteiger partial charge is 0.364 e. The molecule has 4 rings (SSSR count). The molecule has 1 aliphatic rings. The van der Waals surface area contributed by atoms with Gasteiger partial charge in [-0.15, -0.1) is 0 Å². The highest BCUT2D eigenvalue weighted by atomic mass is 35.5. The number of anilines is 1. The number of halogens is 2. The Bertz CT molecular complexity index is 1210. The van der Waals surface area contributed by atoms with Crippen molar-refractivity contribution in [1.29, 1.82) is 0 Å². The van der Waals surface area contributed by atoms with E-state index in [1.54, 1.807) is 41.3 Å². The molecule has 6 nitrogen and oxygen atoms in total. The molecule has 0 aromatic heterocycles. The van der Waals surface area contributed by atoms with Crippen LogP contribution in [0.2, 0.25) is 5.02 Å². The first-order valence-corrected chi connectivity index (χ1v) is 10.8. The molecular formula is C21H17ClFN3O3S. The SMILES string of the molecule is NS(=O)(=O)c1ccc(N2CC(O)(c3ccc(F)cc3)N=C2c2ccc(Cl)cc2)cc1. The Balaban J connectivity index is 1.79. The quantitative estimate of drug-likeness (QED) is 0.644. The van der Waals surface area contributed by atoms with Gasteiger partial charge in [-0.2, -0.15) is 0 Å². The highest BCUT2D eigenvalue weighted by Crippen LogP contribution is 2.35. The number of rotatable bonds is 4. The third-order valence-corrected chi connectivity index (χ3v) is 5.99. The maximum Gasteiger partial charge on any atom is 0.238 e. The molecule has 1 unspecified atom stereocenters. The van der Waals surface area contributed by atoms with E-state index in [1.807, 2.05) is 0 Å². The fourth-order valence-corrected chi connectivity index (χ4v) is 3.93. The van der Waals surface area contributed by atoms with E-state index >= 15 is 0 Å². The topological polar surface area (TPSA) is 96.0 Å². The first-order valence-electron chi connectivity index (χ1n) is 8.90. The second-order valence-corrected chi connectivity index (χ2v) is 8.89. The summed E-state index contributed by atoms with van der Waals surface area (Å²) in [7, 11) is -3.83. The van der Waals surface area contributed by atoms with Gasteiger partial charge in [0.05, 0.1) is 11.4 Å². The van der Waals surface area contributed by atoms with Gasteiger partial charge >= 0.3 is 0 Å². The van der Waals surface area contributed by atoms with Crippen LogP contribution in [-0.4, -0.2) is 25.9 Å². The predicted octanol–water partition coefficient (Wildman–Crippen LogP) is 3.24. The predicted molar refractivity (Wildman–Crippen MR) is 113 cm³/mol. The van der Waals surface area contributed by atoms with Gasteiger partial charge in [0.2, 0.25) is 15.7 Å². The highest BCUT2D eigenvalue weighted by molar-refractivity contribution is 7.89. The van der Waals surface area contributed by atoms with Crippen molar-refractivity contribution in [2.75, 3.05) is 11.4 Å². The summed E-state index contributed by atoms with van der Waals surface area (Å²) in [6.45, 7) is 0.0469. The minimum Gasteiger partial charge on any atom is -0.364 e. The Labute approximate surface area is 178 Å². The molecule has 0 saturated carbocycles. The minimum atomic E-state index is -3.83. The van der Waals surface area contributed by atoms with Crippen molar-refractivity contribution in [3.05, 3.63) is 94.8 Å². The minimum absolute atomic E-state index is 0.0239. The highest BCUT2D eigenvalue weighted by Gasteiger charge is 2.40. The Kier molecular flexibility index (Phi) is 5.11. The number of sulfonamides is 1. The van der Waals surface area contributed by atoms with Gasteiger partial charge in [-0.3, -0.25) is 0 Å². The smallest absolute Gasteiger partial charge is 0.238 e. The fourth-order valence-electron chi connectivity index (χ4n) is 3.29. The zero-order valence-electron chi connectivity index (χ0n) is 15.5. The lowest BCUT2D eigenvalue weighted by Crippen LogP contribution is -2.34. The monoisotopic (exact) mass is 445 g/mol. The van der Waals surface area contributed by atoms with Gasteiger partial charge in [-0.25, -0.2) is 22.9 Å². The Morgan fingerprint density at radius 3 is 2.17 bits per heavy atom. The van der Waals surface area contributed by atoms with E-state index in [2.05, 4.69) is 4.99 Å². The van der Waals surface area contributed by atoms with E-state index in [-0.39, 0.29) is 11.4 Å². The number of aliphatic imine (C=N–C) groups is 1. The lowest BCUT2D eigenvalue weighted by atomic mass is 10.0. The fraction of sp³-hybridized carbons (Fsp3) is 0.0952. The average molecular weight is 446 g/mol. The summed E-state index contributed by atoms with van der Waals surface area (Å²) < 4.78 is 36.5. The summed E-state index contributed by atoms with van der Waals surface area (Å²) in [6, 6.07) is 18.4. The number of nitrogens with two attached hydrogens (primary N) is 1. The first kappa shape index (κ1) is 20.5. The molecule has 154 valence electrons. The van der Waals surface area contributed by atoms with E-state index in [4.69, 9.17) is 16.7 Å². The van der Waals surface area contributed by atoms with Crippen LogP contribution in [0.25, 0.3) is 0 Å². The molecule has 3 N–H and O–H groups in total. The van der Waals surface area contributed by atoms with Crippen molar-refractivity contribution in [2.45, 2.75) is 10.6 Å². The maximum absolute atomic E-state index is 13.4. The van der Waals surface area contributed by atoms with Crippen molar-refractivity contribution >= 4 is 33.1 Å². The van der Waals surface area contributed by atoms with Crippen LogP contribution < -0.4 is 10.0 Å². The van der Waals surface area contributed by atoms with Crippen LogP contribution in [0.5, 0.6) is 0 Å². The summed E-state index contributed by atoms with van der Waals surface area (Å²) in [4.78, 5) is 6.26. The van der Waals surface area contributed by atoms with Crippen molar-refractivity contribution in [3.8, 4) is 0 Å². The van der Waals surface area contributed by atoms with Crippen LogP contribution in [0.4, 0.5) is 10.1 Å². The van der Waals surface area contributed by atoms with Crippen LogP contribution >= 0.6 is 11.6 Å². The lowest BCUT2D eigenvalue weighted by molar-refractivity contribution is 0.0647. The number of β-amino-alcohol motifs (C(OH)–C–C–N with tert-alkyl or cyclic N) is 1. The van der Waals surface area contributed by atoms with Crippen molar-refractivity contribution in [3.63, 3.8) is 0 Å². The number of hydrogen-bond acceptors (Lipinski definition) is 5. The third kappa shape index (κ3) is 3.95. The summed E-state index contributed by atoms with van der Waals surface area (Å²) in [5.41, 5.74) is 0.113. The molecule has 0 saturated heterocycles. The summed E-state index contributed by atoms with van der Waals surface area (Å²) in [5, 5.41) is 17.0. The van der Waals surface area contributed by atoms with Gasteiger partial charge in [0.25, 0.3) is 0 Å².